The summed E-state index contributed by atoms with van der Waals surface area (Å²) in [5.41, 5.74) is 3.76. The zero-order valence-corrected chi connectivity index (χ0v) is 11.5. The van der Waals surface area contributed by atoms with Crippen LogP contribution in [0.3, 0.4) is 0 Å². The number of benzene rings is 1. The number of ether oxygens (including phenoxy) is 1. The number of aryl methyl sites for hydroxylation is 1. The molecule has 3 rings (SSSR count). The second kappa shape index (κ2) is 4.72. The van der Waals surface area contributed by atoms with Crippen molar-refractivity contribution in [3.8, 4) is 5.75 Å². The lowest BCUT2D eigenvalue weighted by molar-refractivity contribution is -0.120. The maximum Gasteiger partial charge on any atom is 0.132 e. The van der Waals surface area contributed by atoms with Crippen LogP contribution in [-0.2, 0) is 4.79 Å². The van der Waals surface area contributed by atoms with Gasteiger partial charge in [0, 0.05) is 29.4 Å². The van der Waals surface area contributed by atoms with Crippen molar-refractivity contribution in [2.45, 2.75) is 38.5 Å². The quantitative estimate of drug-likeness (QED) is 0.891. The summed E-state index contributed by atoms with van der Waals surface area (Å²) in [5, 5.41) is 1.25. The predicted octanol–water partition coefficient (Wildman–Crippen LogP) is 3.71. The largest absolute Gasteiger partial charge is 0.497 e. The Morgan fingerprint density at radius 2 is 2.00 bits per heavy atom. The zero-order valence-electron chi connectivity index (χ0n) is 11.5. The molecule has 19 heavy (non-hydrogen) atoms. The molecule has 0 bridgehead atoms. The number of aromatic nitrogens is 1. The van der Waals surface area contributed by atoms with Gasteiger partial charge in [-0.25, -0.2) is 0 Å². The van der Waals surface area contributed by atoms with E-state index in [4.69, 9.17) is 4.74 Å². The molecule has 2 aromatic rings. The number of hydrogen-bond donors (Lipinski definition) is 1. The van der Waals surface area contributed by atoms with E-state index in [1.165, 1.54) is 16.6 Å². The third-order valence-electron chi connectivity index (χ3n) is 4.19. The number of nitrogens with one attached hydrogen (secondary N) is 1. The number of rotatable bonds is 2. The number of methoxy groups -OCH3 is 1. The summed E-state index contributed by atoms with van der Waals surface area (Å²) in [5.74, 6) is 1.80. The van der Waals surface area contributed by atoms with Gasteiger partial charge in [0.25, 0.3) is 0 Å². The Bertz CT molecular complexity index is 617. The molecule has 0 saturated heterocycles. The number of ketones is 1. The summed E-state index contributed by atoms with van der Waals surface area (Å²) in [7, 11) is 1.69. The van der Waals surface area contributed by atoms with Crippen LogP contribution in [0.4, 0.5) is 0 Å². The molecule has 1 saturated carbocycles. The van der Waals surface area contributed by atoms with Crippen molar-refractivity contribution in [3.63, 3.8) is 0 Å². The van der Waals surface area contributed by atoms with Crippen LogP contribution in [0.1, 0.15) is 42.9 Å². The Hall–Kier alpha value is -1.77. The first kappa shape index (κ1) is 12.3. The van der Waals surface area contributed by atoms with Crippen LogP contribution in [0.25, 0.3) is 10.9 Å². The molecule has 1 aromatic carbocycles. The molecule has 1 fully saturated rings. The summed E-state index contributed by atoms with van der Waals surface area (Å²) < 4.78 is 5.32. The third-order valence-corrected chi connectivity index (χ3v) is 4.19. The highest BCUT2D eigenvalue weighted by atomic mass is 16.5. The highest BCUT2D eigenvalue weighted by Gasteiger charge is 2.24. The minimum absolute atomic E-state index is 0.409. The lowest BCUT2D eigenvalue weighted by atomic mass is 9.82. The molecule has 1 aliphatic carbocycles. The van der Waals surface area contributed by atoms with Crippen LogP contribution in [0, 0.1) is 6.92 Å². The lowest BCUT2D eigenvalue weighted by Crippen LogP contribution is -2.12. The average molecular weight is 257 g/mol. The zero-order chi connectivity index (χ0) is 13.4. The van der Waals surface area contributed by atoms with Crippen LogP contribution in [0.5, 0.6) is 5.75 Å². The van der Waals surface area contributed by atoms with Gasteiger partial charge in [0.2, 0.25) is 0 Å². The number of fused-ring (bicyclic) bond motifs is 1. The Labute approximate surface area is 113 Å². The Morgan fingerprint density at radius 3 is 2.68 bits per heavy atom. The van der Waals surface area contributed by atoms with Crippen molar-refractivity contribution in [2.75, 3.05) is 7.11 Å². The molecule has 1 N–H and O–H groups in total. The maximum atomic E-state index is 11.4. The van der Waals surface area contributed by atoms with Gasteiger partial charge in [-0.2, -0.15) is 0 Å². The number of carbonyl (C=O) groups is 1. The number of hydrogen-bond acceptors (Lipinski definition) is 2. The molecular formula is C16H19NO2. The van der Waals surface area contributed by atoms with E-state index in [0.29, 0.717) is 11.7 Å². The van der Waals surface area contributed by atoms with E-state index in [0.717, 1.165) is 36.9 Å². The van der Waals surface area contributed by atoms with Crippen LogP contribution in [-0.4, -0.2) is 17.9 Å². The first-order chi connectivity index (χ1) is 9.19. The van der Waals surface area contributed by atoms with Gasteiger partial charge in [0.1, 0.15) is 11.5 Å². The summed E-state index contributed by atoms with van der Waals surface area (Å²) in [6.07, 6.45) is 3.40. The minimum Gasteiger partial charge on any atom is -0.497 e. The SMILES string of the molecule is COc1ccc2[nH]c(C)c(C3CCC(=O)CC3)c2c1. The van der Waals surface area contributed by atoms with Gasteiger partial charge >= 0.3 is 0 Å². The molecule has 3 heteroatoms. The van der Waals surface area contributed by atoms with Crippen molar-refractivity contribution in [1.29, 1.82) is 0 Å². The maximum absolute atomic E-state index is 11.4. The fourth-order valence-corrected chi connectivity index (χ4v) is 3.21. The van der Waals surface area contributed by atoms with Gasteiger partial charge < -0.3 is 9.72 Å². The number of Topliss-reactive ketones (excluding diaryl/α,β-unsaturated/α-hetero) is 1. The van der Waals surface area contributed by atoms with E-state index < -0.39 is 0 Å². The molecule has 100 valence electrons. The molecular weight excluding hydrogens is 238 g/mol. The molecule has 0 unspecified atom stereocenters. The van der Waals surface area contributed by atoms with E-state index in [1.54, 1.807) is 7.11 Å². The van der Waals surface area contributed by atoms with E-state index in [1.807, 2.05) is 6.07 Å². The van der Waals surface area contributed by atoms with Gasteiger partial charge in [0.05, 0.1) is 7.11 Å². The van der Waals surface area contributed by atoms with Gasteiger partial charge in [-0.3, -0.25) is 4.79 Å². The number of aromatic amines is 1. The van der Waals surface area contributed by atoms with Crippen molar-refractivity contribution < 1.29 is 9.53 Å². The summed E-state index contributed by atoms with van der Waals surface area (Å²) in [6, 6.07) is 6.15. The van der Waals surface area contributed by atoms with Gasteiger partial charge in [-0.15, -0.1) is 0 Å². The van der Waals surface area contributed by atoms with Crippen LogP contribution in [0.2, 0.25) is 0 Å². The molecule has 0 radical (unpaired) electrons. The van der Waals surface area contributed by atoms with E-state index in [-0.39, 0.29) is 0 Å². The summed E-state index contributed by atoms with van der Waals surface area (Å²) in [6.45, 7) is 2.12. The summed E-state index contributed by atoms with van der Waals surface area (Å²) in [4.78, 5) is 14.8. The lowest BCUT2D eigenvalue weighted by Gasteiger charge is -2.21. The molecule has 0 spiro atoms. The Kier molecular flexibility index (Phi) is 3.05. The Morgan fingerprint density at radius 1 is 1.26 bits per heavy atom. The highest BCUT2D eigenvalue weighted by molar-refractivity contribution is 5.87. The van der Waals surface area contributed by atoms with Gasteiger partial charge in [-0.1, -0.05) is 0 Å². The average Bonchev–Trinajstić information content (AvgIpc) is 2.75. The third kappa shape index (κ3) is 2.14. The highest BCUT2D eigenvalue weighted by Crippen LogP contribution is 2.38. The van der Waals surface area contributed by atoms with Crippen LogP contribution >= 0.6 is 0 Å². The summed E-state index contributed by atoms with van der Waals surface area (Å²) >= 11 is 0. The molecule has 1 aromatic heterocycles. The first-order valence-electron chi connectivity index (χ1n) is 6.87. The Balaban J connectivity index is 2.06. The fourth-order valence-electron chi connectivity index (χ4n) is 3.21. The van der Waals surface area contributed by atoms with Crippen LogP contribution < -0.4 is 4.74 Å². The number of H-pyrrole nitrogens is 1. The normalized spacial score (nSPS) is 17.1. The predicted molar refractivity (Wildman–Crippen MR) is 75.8 cm³/mol. The molecule has 0 atom stereocenters. The minimum atomic E-state index is 0.409. The van der Waals surface area contributed by atoms with Gasteiger partial charge in [-0.05, 0) is 49.4 Å². The van der Waals surface area contributed by atoms with E-state index in [9.17, 15) is 4.79 Å². The van der Waals surface area contributed by atoms with Crippen molar-refractivity contribution in [1.82, 2.24) is 4.98 Å². The second-order valence-corrected chi connectivity index (χ2v) is 5.39. The molecule has 3 nitrogen and oxygen atoms in total. The monoisotopic (exact) mass is 257 g/mol. The standard InChI is InChI=1S/C16H19NO2/c1-10-16(11-3-5-12(18)6-4-11)14-9-13(19-2)7-8-15(14)17-10/h7-9,11,17H,3-6H2,1-2H3. The number of carbonyl (C=O) groups excluding carboxylic acids is 1. The van der Waals surface area contributed by atoms with Crippen molar-refractivity contribution >= 4 is 16.7 Å². The second-order valence-electron chi connectivity index (χ2n) is 5.39. The topological polar surface area (TPSA) is 42.1 Å². The first-order valence-corrected chi connectivity index (χ1v) is 6.87. The van der Waals surface area contributed by atoms with Crippen LogP contribution in [0.15, 0.2) is 18.2 Å². The van der Waals surface area contributed by atoms with Gasteiger partial charge in [0.15, 0.2) is 0 Å². The molecule has 1 aliphatic rings. The molecule has 0 amide bonds. The van der Waals surface area contributed by atoms with Crippen molar-refractivity contribution in [3.05, 3.63) is 29.5 Å². The fraction of sp³-hybridized carbons (Fsp3) is 0.438. The smallest absolute Gasteiger partial charge is 0.132 e. The van der Waals surface area contributed by atoms with E-state index >= 15 is 0 Å². The molecule has 1 heterocycles. The van der Waals surface area contributed by atoms with E-state index in [2.05, 4.69) is 24.0 Å². The van der Waals surface area contributed by atoms with Crippen molar-refractivity contribution in [2.24, 2.45) is 0 Å². The molecule has 0 aliphatic heterocycles.